The van der Waals surface area contributed by atoms with Crippen LogP contribution in [0.15, 0.2) is 11.6 Å². The van der Waals surface area contributed by atoms with Crippen LogP contribution in [0.3, 0.4) is 0 Å². The third kappa shape index (κ3) is 1.32. The standard InChI is InChI=1S/C14H22O2/c1-10(9-11(2)15)14-12(3,4)7-6-8-13(14,5)16-14/h9H,6-8H2,1-5H3/b10-9-/t13-,14+/m0/s1. The summed E-state index contributed by atoms with van der Waals surface area (Å²) in [6, 6.07) is 0. The Kier molecular flexibility index (Phi) is 2.36. The summed E-state index contributed by atoms with van der Waals surface area (Å²) in [5.41, 5.74) is 1.01. The molecule has 1 aliphatic heterocycles. The lowest BCUT2D eigenvalue weighted by atomic mass is 9.61. The second-order valence-electron chi connectivity index (χ2n) is 6.19. The van der Waals surface area contributed by atoms with Crippen LogP contribution in [0.25, 0.3) is 0 Å². The Hall–Kier alpha value is -0.630. The number of ketones is 1. The van der Waals surface area contributed by atoms with Crippen LogP contribution in [-0.2, 0) is 9.53 Å². The van der Waals surface area contributed by atoms with Crippen molar-refractivity contribution < 1.29 is 9.53 Å². The molecule has 0 radical (unpaired) electrons. The molecule has 0 aromatic carbocycles. The van der Waals surface area contributed by atoms with Gasteiger partial charge in [-0.25, -0.2) is 0 Å². The van der Waals surface area contributed by atoms with E-state index in [1.54, 1.807) is 13.0 Å². The second-order valence-corrected chi connectivity index (χ2v) is 6.19. The number of fused-ring (bicyclic) bond motifs is 1. The molecule has 1 saturated heterocycles. The molecule has 2 aliphatic rings. The van der Waals surface area contributed by atoms with E-state index in [1.165, 1.54) is 12.8 Å². The second kappa shape index (κ2) is 3.19. The highest BCUT2D eigenvalue weighted by Crippen LogP contribution is 2.68. The minimum Gasteiger partial charge on any atom is -0.357 e. The molecule has 90 valence electrons. The zero-order valence-electron chi connectivity index (χ0n) is 11.0. The van der Waals surface area contributed by atoms with Crippen molar-refractivity contribution in [3.05, 3.63) is 11.6 Å². The van der Waals surface area contributed by atoms with Gasteiger partial charge in [-0.15, -0.1) is 0 Å². The maximum Gasteiger partial charge on any atom is 0.152 e. The summed E-state index contributed by atoms with van der Waals surface area (Å²) in [7, 11) is 0. The number of hydrogen-bond acceptors (Lipinski definition) is 2. The van der Waals surface area contributed by atoms with Crippen molar-refractivity contribution in [2.45, 2.75) is 65.1 Å². The maximum absolute atomic E-state index is 11.2. The highest BCUT2D eigenvalue weighted by atomic mass is 16.6. The summed E-state index contributed by atoms with van der Waals surface area (Å²) in [6.45, 7) is 10.4. The van der Waals surface area contributed by atoms with Crippen molar-refractivity contribution in [2.75, 3.05) is 0 Å². The lowest BCUT2D eigenvalue weighted by Gasteiger charge is -2.39. The third-order valence-corrected chi connectivity index (χ3v) is 4.47. The molecule has 2 heteroatoms. The minimum atomic E-state index is -0.191. The number of allylic oxidation sites excluding steroid dienone is 1. The molecule has 0 bridgehead atoms. The number of hydrogen-bond donors (Lipinski definition) is 0. The zero-order valence-corrected chi connectivity index (χ0v) is 11.0. The number of ether oxygens (including phenoxy) is 1. The first-order valence-corrected chi connectivity index (χ1v) is 6.15. The molecule has 2 fully saturated rings. The Bertz CT molecular complexity index is 367. The topological polar surface area (TPSA) is 29.6 Å². The van der Waals surface area contributed by atoms with E-state index in [9.17, 15) is 4.79 Å². The van der Waals surface area contributed by atoms with E-state index in [1.807, 2.05) is 6.92 Å². The zero-order chi connectivity index (χ0) is 12.2. The molecular formula is C14H22O2. The van der Waals surface area contributed by atoms with Gasteiger partial charge >= 0.3 is 0 Å². The van der Waals surface area contributed by atoms with Crippen LogP contribution in [-0.4, -0.2) is 17.0 Å². The van der Waals surface area contributed by atoms with E-state index in [4.69, 9.17) is 4.74 Å². The van der Waals surface area contributed by atoms with Crippen LogP contribution in [0.4, 0.5) is 0 Å². The Balaban J connectivity index is 2.41. The first kappa shape index (κ1) is 11.8. The highest BCUT2D eigenvalue weighted by molar-refractivity contribution is 5.88. The number of epoxide rings is 1. The maximum atomic E-state index is 11.2. The fraction of sp³-hybridized carbons (Fsp3) is 0.786. The van der Waals surface area contributed by atoms with Crippen molar-refractivity contribution in [3.8, 4) is 0 Å². The predicted octanol–water partition coefficient (Wildman–Crippen LogP) is 3.26. The van der Waals surface area contributed by atoms with Crippen LogP contribution in [0, 0.1) is 5.41 Å². The smallest absolute Gasteiger partial charge is 0.152 e. The Morgan fingerprint density at radius 1 is 1.19 bits per heavy atom. The molecule has 16 heavy (non-hydrogen) atoms. The van der Waals surface area contributed by atoms with Crippen molar-refractivity contribution in [1.82, 2.24) is 0 Å². The lowest BCUT2D eigenvalue weighted by molar-refractivity contribution is -0.112. The molecule has 2 rings (SSSR count). The van der Waals surface area contributed by atoms with Gasteiger partial charge in [0.1, 0.15) is 11.2 Å². The molecule has 0 N–H and O–H groups in total. The van der Waals surface area contributed by atoms with Gasteiger partial charge in [0.05, 0.1) is 0 Å². The molecule has 0 spiro atoms. The SMILES string of the molecule is CC(=O)/C=C(/C)[C@]12O[C@@]1(C)CCCC2(C)C. The average molecular weight is 222 g/mol. The minimum absolute atomic E-state index is 0.0369. The molecule has 2 nitrogen and oxygen atoms in total. The molecule has 1 aliphatic carbocycles. The Morgan fingerprint density at radius 3 is 2.31 bits per heavy atom. The van der Waals surface area contributed by atoms with Crippen LogP contribution >= 0.6 is 0 Å². The average Bonchev–Trinajstić information content (AvgIpc) is 2.73. The quantitative estimate of drug-likeness (QED) is 0.530. The van der Waals surface area contributed by atoms with E-state index in [2.05, 4.69) is 20.8 Å². The highest BCUT2D eigenvalue weighted by Gasteiger charge is 2.75. The van der Waals surface area contributed by atoms with Gasteiger partial charge in [0.25, 0.3) is 0 Å². The van der Waals surface area contributed by atoms with Gasteiger partial charge in [-0.1, -0.05) is 13.8 Å². The molecule has 0 aromatic rings. The van der Waals surface area contributed by atoms with Gasteiger partial charge < -0.3 is 4.74 Å². The summed E-state index contributed by atoms with van der Waals surface area (Å²) in [4.78, 5) is 11.2. The normalized spacial score (nSPS) is 41.4. The van der Waals surface area contributed by atoms with Crippen LogP contribution in [0.1, 0.15) is 53.9 Å². The molecule has 0 amide bonds. The summed E-state index contributed by atoms with van der Waals surface area (Å²) >= 11 is 0. The number of rotatable bonds is 2. The van der Waals surface area contributed by atoms with Crippen molar-refractivity contribution in [3.63, 3.8) is 0 Å². The van der Waals surface area contributed by atoms with Crippen LogP contribution < -0.4 is 0 Å². The summed E-state index contributed by atoms with van der Waals surface area (Å²) in [5, 5.41) is 0. The Labute approximate surface area is 98.1 Å². The Morgan fingerprint density at radius 2 is 1.81 bits per heavy atom. The molecule has 0 unspecified atom stereocenters. The van der Waals surface area contributed by atoms with Crippen LogP contribution in [0.5, 0.6) is 0 Å². The monoisotopic (exact) mass is 222 g/mol. The molecule has 2 atom stereocenters. The summed E-state index contributed by atoms with van der Waals surface area (Å²) < 4.78 is 6.11. The fourth-order valence-corrected chi connectivity index (χ4v) is 3.87. The predicted molar refractivity (Wildman–Crippen MR) is 64.3 cm³/mol. The van der Waals surface area contributed by atoms with Gasteiger partial charge in [-0.2, -0.15) is 0 Å². The van der Waals surface area contributed by atoms with Crippen molar-refractivity contribution in [2.24, 2.45) is 5.41 Å². The van der Waals surface area contributed by atoms with E-state index in [0.29, 0.717) is 0 Å². The third-order valence-electron chi connectivity index (χ3n) is 4.47. The largest absolute Gasteiger partial charge is 0.357 e. The van der Waals surface area contributed by atoms with Crippen molar-refractivity contribution >= 4 is 5.78 Å². The molecule has 0 aromatic heterocycles. The summed E-state index contributed by atoms with van der Waals surface area (Å²) in [5.74, 6) is 0.117. The van der Waals surface area contributed by atoms with E-state index in [0.717, 1.165) is 12.0 Å². The van der Waals surface area contributed by atoms with E-state index in [-0.39, 0.29) is 22.4 Å². The molecular weight excluding hydrogens is 200 g/mol. The number of carbonyl (C=O) groups is 1. The van der Waals surface area contributed by atoms with E-state index < -0.39 is 0 Å². The van der Waals surface area contributed by atoms with E-state index >= 15 is 0 Å². The number of carbonyl (C=O) groups excluding carboxylic acids is 1. The van der Waals surface area contributed by atoms with Gasteiger partial charge in [0.15, 0.2) is 5.78 Å². The van der Waals surface area contributed by atoms with Gasteiger partial charge in [-0.3, -0.25) is 4.79 Å². The molecule has 1 saturated carbocycles. The van der Waals surface area contributed by atoms with Crippen molar-refractivity contribution in [1.29, 1.82) is 0 Å². The van der Waals surface area contributed by atoms with Gasteiger partial charge in [0.2, 0.25) is 0 Å². The fourth-order valence-electron chi connectivity index (χ4n) is 3.87. The first-order valence-electron chi connectivity index (χ1n) is 6.15. The molecule has 1 heterocycles. The van der Waals surface area contributed by atoms with Crippen LogP contribution in [0.2, 0.25) is 0 Å². The summed E-state index contributed by atoms with van der Waals surface area (Å²) in [6.07, 6.45) is 5.25. The lowest BCUT2D eigenvalue weighted by Crippen LogP contribution is -2.43. The van der Waals surface area contributed by atoms with Gasteiger partial charge in [-0.05, 0) is 51.7 Å². The van der Waals surface area contributed by atoms with Gasteiger partial charge in [0, 0.05) is 5.41 Å². The first-order chi connectivity index (χ1) is 7.25.